The molecule has 0 atom stereocenters. The fraction of sp³-hybridized carbons (Fsp3) is 0.882. The Kier molecular flexibility index (Phi) is 14.3. The molecule has 5 nitrogen and oxygen atoms in total. The molecule has 0 fully saturated rings. The monoisotopic (exact) mass is 317 g/mol. The Morgan fingerprint density at radius 2 is 1.23 bits per heavy atom. The minimum Gasteiger partial charge on any atom is -0.481 e. The molecule has 0 aromatic rings. The molecule has 0 aromatic heterocycles. The van der Waals surface area contributed by atoms with Crippen LogP contribution in [0.1, 0.15) is 91.4 Å². The number of aliphatic carboxylic acids is 1. The molecule has 0 spiro atoms. The number of carboxylic acid groups (broad SMARTS) is 1. The summed E-state index contributed by atoms with van der Waals surface area (Å²) < 4.78 is 5.65. The van der Waals surface area contributed by atoms with E-state index in [1.165, 1.54) is 0 Å². The molecule has 0 saturated heterocycles. The third-order valence-electron chi connectivity index (χ3n) is 4.28. The van der Waals surface area contributed by atoms with Crippen molar-refractivity contribution in [3.05, 3.63) is 0 Å². The van der Waals surface area contributed by atoms with Gasteiger partial charge in [-0.25, -0.2) is 0 Å². The lowest BCUT2D eigenvalue weighted by Crippen LogP contribution is -2.33. The standard InChI is InChI=1S/C17H32O4.H3N/c1-4-17(5-2,6-3)21-16(20)14-12-10-8-7-9-11-13-15(18)19;/h4-14H2,1-3H3,(H,18,19);1H3. The zero-order valence-corrected chi connectivity index (χ0v) is 14.7. The van der Waals surface area contributed by atoms with E-state index in [-0.39, 0.29) is 24.1 Å². The van der Waals surface area contributed by atoms with Crippen molar-refractivity contribution in [3.63, 3.8) is 0 Å². The largest absolute Gasteiger partial charge is 0.481 e. The molecule has 0 aliphatic carbocycles. The number of carbonyl (C=O) groups excluding carboxylic acids is 1. The van der Waals surface area contributed by atoms with E-state index in [0.717, 1.165) is 57.8 Å². The molecule has 0 unspecified atom stereocenters. The van der Waals surface area contributed by atoms with Crippen LogP contribution in [0.3, 0.4) is 0 Å². The number of hydrogen-bond acceptors (Lipinski definition) is 4. The third kappa shape index (κ3) is 10.6. The summed E-state index contributed by atoms with van der Waals surface area (Å²) in [5.74, 6) is -0.796. The Labute approximate surface area is 135 Å². The lowest BCUT2D eigenvalue weighted by molar-refractivity contribution is -0.161. The zero-order valence-electron chi connectivity index (χ0n) is 14.7. The second kappa shape index (κ2) is 13.6. The summed E-state index contributed by atoms with van der Waals surface area (Å²) in [6.45, 7) is 6.20. The third-order valence-corrected chi connectivity index (χ3v) is 4.28. The number of unbranched alkanes of at least 4 members (excludes halogenated alkanes) is 5. The average molecular weight is 317 g/mol. The zero-order chi connectivity index (χ0) is 16.1. The first-order chi connectivity index (χ1) is 9.99. The Bertz CT molecular complexity index is 293. The van der Waals surface area contributed by atoms with Crippen molar-refractivity contribution in [3.8, 4) is 0 Å². The van der Waals surface area contributed by atoms with Gasteiger partial charge in [0.15, 0.2) is 0 Å². The van der Waals surface area contributed by atoms with Crippen molar-refractivity contribution in [2.24, 2.45) is 0 Å². The van der Waals surface area contributed by atoms with E-state index in [9.17, 15) is 9.59 Å². The highest BCUT2D eigenvalue weighted by molar-refractivity contribution is 5.69. The van der Waals surface area contributed by atoms with Crippen LogP contribution in [0.5, 0.6) is 0 Å². The maximum absolute atomic E-state index is 11.9. The van der Waals surface area contributed by atoms with E-state index in [1.54, 1.807) is 0 Å². The van der Waals surface area contributed by atoms with Crippen LogP contribution < -0.4 is 6.15 Å². The first kappa shape index (κ1) is 23.2. The van der Waals surface area contributed by atoms with E-state index in [0.29, 0.717) is 6.42 Å². The summed E-state index contributed by atoms with van der Waals surface area (Å²) in [7, 11) is 0. The number of carbonyl (C=O) groups is 2. The Balaban J connectivity index is 0. The number of esters is 1. The van der Waals surface area contributed by atoms with Gasteiger partial charge in [0, 0.05) is 12.8 Å². The SMILES string of the molecule is CCC(CC)(CC)OC(=O)CCCCCCCCC(=O)O.N. The van der Waals surface area contributed by atoms with Gasteiger partial charge in [0.1, 0.15) is 5.60 Å². The average Bonchev–Trinajstić information content (AvgIpc) is 2.47. The van der Waals surface area contributed by atoms with Crippen LogP contribution in [0.2, 0.25) is 0 Å². The number of rotatable bonds is 13. The fourth-order valence-electron chi connectivity index (χ4n) is 2.51. The summed E-state index contributed by atoms with van der Waals surface area (Å²) in [4.78, 5) is 22.2. The van der Waals surface area contributed by atoms with Gasteiger partial charge in [0.2, 0.25) is 0 Å². The van der Waals surface area contributed by atoms with Gasteiger partial charge in [-0.3, -0.25) is 9.59 Å². The fourth-order valence-corrected chi connectivity index (χ4v) is 2.51. The van der Waals surface area contributed by atoms with Gasteiger partial charge < -0.3 is 16.0 Å². The molecule has 0 aliphatic rings. The van der Waals surface area contributed by atoms with Crippen LogP contribution in [0.25, 0.3) is 0 Å². The van der Waals surface area contributed by atoms with Crippen LogP contribution in [0, 0.1) is 0 Å². The van der Waals surface area contributed by atoms with Crippen LogP contribution >= 0.6 is 0 Å². The van der Waals surface area contributed by atoms with Crippen molar-refractivity contribution in [2.45, 2.75) is 97.0 Å². The highest BCUT2D eigenvalue weighted by atomic mass is 16.6. The van der Waals surface area contributed by atoms with Gasteiger partial charge in [-0.1, -0.05) is 46.5 Å². The van der Waals surface area contributed by atoms with E-state index < -0.39 is 5.97 Å². The van der Waals surface area contributed by atoms with Crippen molar-refractivity contribution < 1.29 is 19.4 Å². The summed E-state index contributed by atoms with van der Waals surface area (Å²) in [6.07, 6.45) is 9.07. The van der Waals surface area contributed by atoms with Gasteiger partial charge >= 0.3 is 11.9 Å². The molecule has 132 valence electrons. The van der Waals surface area contributed by atoms with Crippen molar-refractivity contribution in [1.29, 1.82) is 0 Å². The first-order valence-corrected chi connectivity index (χ1v) is 8.43. The van der Waals surface area contributed by atoms with Crippen LogP contribution in [0.4, 0.5) is 0 Å². The second-order valence-electron chi connectivity index (χ2n) is 5.73. The molecule has 0 heterocycles. The molecule has 0 aromatic carbocycles. The van der Waals surface area contributed by atoms with E-state index in [2.05, 4.69) is 20.8 Å². The molecule has 0 radical (unpaired) electrons. The number of ether oxygens (including phenoxy) is 1. The molecular weight excluding hydrogens is 282 g/mol. The maximum atomic E-state index is 11.9. The Morgan fingerprint density at radius 3 is 1.64 bits per heavy atom. The lowest BCUT2D eigenvalue weighted by Gasteiger charge is -2.30. The first-order valence-electron chi connectivity index (χ1n) is 8.43. The van der Waals surface area contributed by atoms with Gasteiger partial charge in [-0.15, -0.1) is 0 Å². The van der Waals surface area contributed by atoms with Gasteiger partial charge in [-0.05, 0) is 32.1 Å². The number of carboxylic acids is 1. The predicted octanol–water partition coefficient (Wildman–Crippen LogP) is 4.87. The summed E-state index contributed by atoms with van der Waals surface area (Å²) in [6, 6.07) is 0. The van der Waals surface area contributed by atoms with E-state index >= 15 is 0 Å². The van der Waals surface area contributed by atoms with Gasteiger partial charge in [-0.2, -0.15) is 0 Å². The minimum absolute atomic E-state index is 0. The summed E-state index contributed by atoms with van der Waals surface area (Å²) in [5, 5.41) is 8.52. The molecule has 0 amide bonds. The molecule has 22 heavy (non-hydrogen) atoms. The van der Waals surface area contributed by atoms with Crippen LogP contribution in [-0.4, -0.2) is 22.6 Å². The highest BCUT2D eigenvalue weighted by Crippen LogP contribution is 2.25. The van der Waals surface area contributed by atoms with Crippen molar-refractivity contribution in [2.75, 3.05) is 0 Å². The van der Waals surface area contributed by atoms with Crippen molar-refractivity contribution in [1.82, 2.24) is 6.15 Å². The lowest BCUT2D eigenvalue weighted by atomic mass is 9.94. The number of hydrogen-bond donors (Lipinski definition) is 2. The summed E-state index contributed by atoms with van der Waals surface area (Å²) in [5.41, 5.74) is -0.270. The molecule has 0 aliphatic heterocycles. The molecule has 4 N–H and O–H groups in total. The molecule has 0 rings (SSSR count). The molecule has 0 saturated carbocycles. The maximum Gasteiger partial charge on any atom is 0.306 e. The smallest absolute Gasteiger partial charge is 0.306 e. The predicted molar refractivity (Wildman–Crippen MR) is 89.3 cm³/mol. The molecular formula is C17H35NO4. The minimum atomic E-state index is -0.719. The van der Waals surface area contributed by atoms with E-state index in [1.807, 2.05) is 0 Å². The van der Waals surface area contributed by atoms with E-state index in [4.69, 9.17) is 9.84 Å². The van der Waals surface area contributed by atoms with Crippen LogP contribution in [-0.2, 0) is 14.3 Å². The van der Waals surface area contributed by atoms with Crippen molar-refractivity contribution >= 4 is 11.9 Å². The normalized spacial score (nSPS) is 10.9. The Morgan fingerprint density at radius 1 is 0.818 bits per heavy atom. The highest BCUT2D eigenvalue weighted by Gasteiger charge is 2.27. The summed E-state index contributed by atoms with van der Waals surface area (Å²) >= 11 is 0. The molecule has 5 heteroatoms. The quantitative estimate of drug-likeness (QED) is 0.373. The second-order valence-corrected chi connectivity index (χ2v) is 5.73. The molecule has 0 bridgehead atoms. The van der Waals surface area contributed by atoms with Crippen LogP contribution in [0.15, 0.2) is 0 Å². The Hall–Kier alpha value is -1.10. The van der Waals surface area contributed by atoms with Gasteiger partial charge in [0.05, 0.1) is 0 Å². The van der Waals surface area contributed by atoms with Gasteiger partial charge in [0.25, 0.3) is 0 Å². The topological polar surface area (TPSA) is 98.6 Å².